The quantitative estimate of drug-likeness (QED) is 0.739. The van der Waals surface area contributed by atoms with Crippen molar-refractivity contribution < 1.29 is 13.6 Å². The van der Waals surface area contributed by atoms with Gasteiger partial charge >= 0.3 is 0 Å². The van der Waals surface area contributed by atoms with Crippen molar-refractivity contribution in [3.63, 3.8) is 0 Å². The Morgan fingerprint density at radius 2 is 1.81 bits per heavy atom. The second-order valence-corrected chi connectivity index (χ2v) is 4.38. The van der Waals surface area contributed by atoms with Gasteiger partial charge < -0.3 is 0 Å². The zero-order chi connectivity index (χ0) is 12.5. The van der Waals surface area contributed by atoms with Crippen LogP contribution in [0.3, 0.4) is 0 Å². The number of Topliss-reactive ketones (excluding diaryl/α,β-unsaturated/α-hetero) is 1. The normalized spacial score (nSPS) is 11.9. The van der Waals surface area contributed by atoms with Crippen LogP contribution in [0.2, 0.25) is 0 Å². The number of ketones is 1. The molecule has 0 aliphatic carbocycles. The molecule has 2 nitrogen and oxygen atoms in total. The lowest BCUT2D eigenvalue weighted by Gasteiger charge is -2.30. The molecule has 1 aromatic rings. The largest absolute Gasteiger partial charge is 0.297 e. The average Bonchev–Trinajstić information content (AvgIpc) is 2.21. The van der Waals surface area contributed by atoms with Gasteiger partial charge in [-0.2, -0.15) is 0 Å². The van der Waals surface area contributed by atoms with Crippen molar-refractivity contribution in [3.05, 3.63) is 35.4 Å². The van der Waals surface area contributed by atoms with Crippen LogP contribution in [0.25, 0.3) is 0 Å². The molecule has 0 spiro atoms. The number of carbonyl (C=O) groups is 1. The Kier molecular flexibility index (Phi) is 3.43. The predicted molar refractivity (Wildman–Crippen MR) is 58.5 cm³/mol. The van der Waals surface area contributed by atoms with Crippen molar-refractivity contribution in [3.8, 4) is 0 Å². The molecule has 1 aromatic carbocycles. The van der Waals surface area contributed by atoms with Gasteiger partial charge in [0.05, 0.1) is 11.1 Å². The standard InChI is InChI=1S/C12H15F2NO/c1-12(2,15(3)4)11(16)8-6-5-7-9(13)10(8)14/h5-7H,1-4H3. The van der Waals surface area contributed by atoms with Crippen molar-refractivity contribution in [2.75, 3.05) is 14.1 Å². The molecule has 0 fully saturated rings. The van der Waals surface area contributed by atoms with Crippen molar-refractivity contribution in [2.24, 2.45) is 0 Å². The number of carbonyl (C=O) groups excluding carboxylic acids is 1. The molecule has 0 aromatic heterocycles. The first kappa shape index (κ1) is 12.8. The van der Waals surface area contributed by atoms with Crippen LogP contribution in [0.5, 0.6) is 0 Å². The summed E-state index contributed by atoms with van der Waals surface area (Å²) in [7, 11) is 3.43. The van der Waals surface area contributed by atoms with Crippen LogP contribution in [-0.4, -0.2) is 30.3 Å². The number of halogens is 2. The van der Waals surface area contributed by atoms with E-state index in [-0.39, 0.29) is 5.56 Å². The van der Waals surface area contributed by atoms with E-state index in [1.807, 2.05) is 0 Å². The van der Waals surface area contributed by atoms with Crippen molar-refractivity contribution >= 4 is 5.78 Å². The Hall–Kier alpha value is -1.29. The number of hydrogen-bond donors (Lipinski definition) is 0. The summed E-state index contributed by atoms with van der Waals surface area (Å²) in [4.78, 5) is 13.7. The van der Waals surface area contributed by atoms with Gasteiger partial charge in [0.2, 0.25) is 0 Å². The summed E-state index contributed by atoms with van der Waals surface area (Å²) in [5, 5.41) is 0. The zero-order valence-electron chi connectivity index (χ0n) is 9.84. The molecule has 0 atom stereocenters. The van der Waals surface area contributed by atoms with Gasteiger partial charge in [-0.05, 0) is 40.1 Å². The van der Waals surface area contributed by atoms with Gasteiger partial charge in [0.15, 0.2) is 17.4 Å². The molecule has 0 bridgehead atoms. The molecular formula is C12H15F2NO. The maximum absolute atomic E-state index is 13.4. The van der Waals surface area contributed by atoms with Gasteiger partial charge in [-0.15, -0.1) is 0 Å². The molecule has 16 heavy (non-hydrogen) atoms. The number of likely N-dealkylation sites (N-methyl/N-ethyl adjacent to an activating group) is 1. The van der Waals surface area contributed by atoms with Gasteiger partial charge in [0, 0.05) is 0 Å². The minimum atomic E-state index is -1.08. The highest BCUT2D eigenvalue weighted by atomic mass is 19.2. The van der Waals surface area contributed by atoms with E-state index >= 15 is 0 Å². The summed E-state index contributed by atoms with van der Waals surface area (Å²) >= 11 is 0. The lowest BCUT2D eigenvalue weighted by Crippen LogP contribution is -2.46. The minimum Gasteiger partial charge on any atom is -0.297 e. The maximum atomic E-state index is 13.4. The Morgan fingerprint density at radius 1 is 1.25 bits per heavy atom. The maximum Gasteiger partial charge on any atom is 0.185 e. The van der Waals surface area contributed by atoms with Crippen LogP contribution in [-0.2, 0) is 0 Å². The smallest absolute Gasteiger partial charge is 0.185 e. The minimum absolute atomic E-state index is 0.210. The van der Waals surface area contributed by atoms with Gasteiger partial charge in [0.25, 0.3) is 0 Å². The monoisotopic (exact) mass is 227 g/mol. The van der Waals surface area contributed by atoms with E-state index in [0.717, 1.165) is 6.07 Å². The summed E-state index contributed by atoms with van der Waals surface area (Å²) in [5.41, 5.74) is -1.08. The molecule has 0 aliphatic rings. The number of nitrogens with zero attached hydrogens (tertiary/aromatic N) is 1. The average molecular weight is 227 g/mol. The highest BCUT2D eigenvalue weighted by Crippen LogP contribution is 2.21. The fourth-order valence-corrected chi connectivity index (χ4v) is 1.21. The van der Waals surface area contributed by atoms with E-state index in [2.05, 4.69) is 0 Å². The first-order valence-electron chi connectivity index (χ1n) is 4.94. The van der Waals surface area contributed by atoms with Crippen molar-refractivity contribution in [1.82, 2.24) is 4.90 Å². The summed E-state index contributed by atoms with van der Waals surface area (Å²) in [6.07, 6.45) is 0. The summed E-state index contributed by atoms with van der Waals surface area (Å²) in [6, 6.07) is 3.62. The second-order valence-electron chi connectivity index (χ2n) is 4.38. The molecule has 0 amide bonds. The molecule has 0 N–H and O–H groups in total. The third kappa shape index (κ3) is 2.11. The third-order valence-electron chi connectivity index (χ3n) is 2.87. The van der Waals surface area contributed by atoms with E-state index in [9.17, 15) is 13.6 Å². The first-order valence-corrected chi connectivity index (χ1v) is 4.94. The summed E-state index contributed by atoms with van der Waals surface area (Å²) in [5.74, 6) is -2.52. The Labute approximate surface area is 93.9 Å². The molecule has 0 unspecified atom stereocenters. The molecule has 0 heterocycles. The summed E-state index contributed by atoms with van der Waals surface area (Å²) in [6.45, 7) is 3.33. The SMILES string of the molecule is CN(C)C(C)(C)C(=O)c1cccc(F)c1F. The molecule has 4 heteroatoms. The van der Waals surface area contributed by atoms with Crippen LogP contribution in [0, 0.1) is 11.6 Å². The second kappa shape index (κ2) is 4.29. The number of hydrogen-bond acceptors (Lipinski definition) is 2. The van der Waals surface area contributed by atoms with E-state index in [4.69, 9.17) is 0 Å². The van der Waals surface area contributed by atoms with Gasteiger partial charge in [-0.25, -0.2) is 8.78 Å². The van der Waals surface area contributed by atoms with Gasteiger partial charge in [-0.1, -0.05) is 6.07 Å². The van der Waals surface area contributed by atoms with Crippen LogP contribution in [0.1, 0.15) is 24.2 Å². The molecule has 0 saturated heterocycles. The molecular weight excluding hydrogens is 212 g/mol. The highest BCUT2D eigenvalue weighted by Gasteiger charge is 2.33. The van der Waals surface area contributed by atoms with Crippen LogP contribution in [0.15, 0.2) is 18.2 Å². The van der Waals surface area contributed by atoms with E-state index in [1.54, 1.807) is 32.8 Å². The van der Waals surface area contributed by atoms with Crippen molar-refractivity contribution in [2.45, 2.75) is 19.4 Å². The topological polar surface area (TPSA) is 20.3 Å². The summed E-state index contributed by atoms with van der Waals surface area (Å²) < 4.78 is 26.4. The number of rotatable bonds is 3. The van der Waals surface area contributed by atoms with Crippen LogP contribution in [0.4, 0.5) is 8.78 Å². The molecule has 0 saturated carbocycles. The van der Waals surface area contributed by atoms with Gasteiger partial charge in [-0.3, -0.25) is 9.69 Å². The van der Waals surface area contributed by atoms with Gasteiger partial charge in [0.1, 0.15) is 0 Å². The fourth-order valence-electron chi connectivity index (χ4n) is 1.21. The van der Waals surface area contributed by atoms with E-state index < -0.39 is 23.0 Å². The molecule has 0 radical (unpaired) electrons. The number of benzene rings is 1. The lowest BCUT2D eigenvalue weighted by atomic mass is 9.92. The lowest BCUT2D eigenvalue weighted by molar-refractivity contribution is 0.0750. The molecule has 0 aliphatic heterocycles. The Balaban J connectivity index is 3.21. The third-order valence-corrected chi connectivity index (χ3v) is 2.87. The Bertz CT molecular complexity index is 413. The van der Waals surface area contributed by atoms with E-state index in [0.29, 0.717) is 0 Å². The van der Waals surface area contributed by atoms with Crippen LogP contribution < -0.4 is 0 Å². The first-order chi connectivity index (χ1) is 7.28. The van der Waals surface area contributed by atoms with Crippen molar-refractivity contribution in [1.29, 1.82) is 0 Å². The van der Waals surface area contributed by atoms with Crippen LogP contribution >= 0.6 is 0 Å². The molecule has 1 rings (SSSR count). The predicted octanol–water partition coefficient (Wildman–Crippen LogP) is 2.49. The molecule has 88 valence electrons. The highest BCUT2D eigenvalue weighted by molar-refractivity contribution is 6.02. The van der Waals surface area contributed by atoms with E-state index in [1.165, 1.54) is 12.1 Å². The fraction of sp³-hybridized carbons (Fsp3) is 0.417. The Morgan fingerprint density at radius 3 is 2.31 bits per heavy atom. The zero-order valence-corrected chi connectivity index (χ0v) is 9.84.